The van der Waals surface area contributed by atoms with Gasteiger partial charge in [-0.3, -0.25) is 9.69 Å². The fourth-order valence-electron chi connectivity index (χ4n) is 5.22. The maximum atomic E-state index is 12.9. The summed E-state index contributed by atoms with van der Waals surface area (Å²) in [5, 5.41) is 4.30. The molecule has 0 saturated carbocycles. The first-order chi connectivity index (χ1) is 18.1. The molecule has 0 unspecified atom stereocenters. The molecular formula is C31H33IN4O. The van der Waals surface area contributed by atoms with Crippen LogP contribution in [-0.4, -0.2) is 33.9 Å². The van der Waals surface area contributed by atoms with Crippen LogP contribution in [0.25, 0.3) is 10.9 Å². The van der Waals surface area contributed by atoms with Crippen LogP contribution in [0.5, 0.6) is 0 Å². The van der Waals surface area contributed by atoms with E-state index in [1.54, 1.807) is 6.33 Å². The van der Waals surface area contributed by atoms with Crippen molar-refractivity contribution in [1.29, 1.82) is 0 Å². The Morgan fingerprint density at radius 2 is 1.76 bits per heavy atom. The van der Waals surface area contributed by atoms with Gasteiger partial charge in [0.15, 0.2) is 0 Å². The van der Waals surface area contributed by atoms with Crippen LogP contribution < -0.4 is 5.32 Å². The molecule has 0 spiro atoms. The molecule has 5 rings (SSSR count). The first-order valence-corrected chi connectivity index (χ1v) is 14.2. The second-order valence-corrected chi connectivity index (χ2v) is 11.3. The van der Waals surface area contributed by atoms with Gasteiger partial charge in [-0.1, -0.05) is 37.3 Å². The number of amides is 1. The van der Waals surface area contributed by atoms with E-state index in [0.717, 1.165) is 54.5 Å². The molecule has 1 aliphatic rings. The minimum absolute atomic E-state index is 0.00879. The molecule has 190 valence electrons. The van der Waals surface area contributed by atoms with Gasteiger partial charge in [-0.15, -0.1) is 0 Å². The van der Waals surface area contributed by atoms with Crippen molar-refractivity contribution in [2.45, 2.75) is 45.2 Å². The Bertz CT molecular complexity index is 1330. The summed E-state index contributed by atoms with van der Waals surface area (Å²) >= 11 is 2.30. The van der Waals surface area contributed by atoms with Gasteiger partial charge < -0.3 is 5.32 Å². The number of carbonyl (C=O) groups excluding carboxylic acids is 1. The highest BCUT2D eigenvalue weighted by atomic mass is 127. The zero-order chi connectivity index (χ0) is 25.6. The summed E-state index contributed by atoms with van der Waals surface area (Å²) in [5.74, 6) is 0.678. The maximum Gasteiger partial charge on any atom is 0.251 e. The lowest BCUT2D eigenvalue weighted by molar-refractivity contribution is 0.0935. The maximum absolute atomic E-state index is 12.9. The van der Waals surface area contributed by atoms with Gasteiger partial charge in [0.25, 0.3) is 5.91 Å². The molecule has 0 bridgehead atoms. The van der Waals surface area contributed by atoms with Crippen molar-refractivity contribution in [1.82, 2.24) is 20.2 Å². The Labute approximate surface area is 232 Å². The number of benzene rings is 3. The second-order valence-electron chi connectivity index (χ2n) is 10.0. The third-order valence-electron chi connectivity index (χ3n) is 7.41. The van der Waals surface area contributed by atoms with Gasteiger partial charge in [-0.2, -0.15) is 0 Å². The van der Waals surface area contributed by atoms with Gasteiger partial charge >= 0.3 is 0 Å². The van der Waals surface area contributed by atoms with Crippen LogP contribution in [-0.2, 0) is 13.0 Å². The molecule has 4 aromatic rings. The lowest BCUT2D eigenvalue weighted by Crippen LogP contribution is -2.33. The largest absolute Gasteiger partial charge is 0.345 e. The number of piperidine rings is 1. The van der Waals surface area contributed by atoms with Crippen molar-refractivity contribution < 1.29 is 4.79 Å². The third kappa shape index (κ3) is 6.73. The number of carbonyl (C=O) groups is 1. The Morgan fingerprint density at radius 3 is 2.49 bits per heavy atom. The molecule has 1 saturated heterocycles. The van der Waals surface area contributed by atoms with Crippen LogP contribution in [0.3, 0.4) is 0 Å². The van der Waals surface area contributed by atoms with Crippen LogP contribution in [0.4, 0.5) is 0 Å². The van der Waals surface area contributed by atoms with E-state index in [-0.39, 0.29) is 11.9 Å². The highest BCUT2D eigenvalue weighted by molar-refractivity contribution is 14.1. The molecule has 1 amide bonds. The number of halogens is 1. The molecule has 5 nitrogen and oxygen atoms in total. The number of nitrogens with one attached hydrogen (secondary N) is 1. The molecule has 0 radical (unpaired) electrons. The Morgan fingerprint density at radius 1 is 1.03 bits per heavy atom. The smallest absolute Gasteiger partial charge is 0.251 e. The van der Waals surface area contributed by atoms with Gasteiger partial charge in [0, 0.05) is 27.3 Å². The van der Waals surface area contributed by atoms with E-state index >= 15 is 0 Å². The van der Waals surface area contributed by atoms with E-state index in [0.29, 0.717) is 5.92 Å². The van der Waals surface area contributed by atoms with Gasteiger partial charge in [0.1, 0.15) is 6.33 Å². The molecule has 1 aromatic heterocycles. The van der Waals surface area contributed by atoms with E-state index in [4.69, 9.17) is 0 Å². The van der Waals surface area contributed by atoms with Crippen molar-refractivity contribution in [2.75, 3.05) is 13.1 Å². The summed E-state index contributed by atoms with van der Waals surface area (Å²) < 4.78 is 1.20. The zero-order valence-corrected chi connectivity index (χ0v) is 23.4. The molecular weight excluding hydrogens is 571 g/mol. The summed E-state index contributed by atoms with van der Waals surface area (Å²) in [6, 6.07) is 23.1. The van der Waals surface area contributed by atoms with Gasteiger partial charge in [0.05, 0.1) is 11.6 Å². The SMILES string of the molecule is CC[C@@H](NC(=O)c1ccc(CC2CCN(Cc3ccc4ncncc4c3)CC2)cc1)c1ccc(I)cc1. The summed E-state index contributed by atoms with van der Waals surface area (Å²) in [6.45, 7) is 5.31. The Balaban J connectivity index is 1.11. The van der Waals surface area contributed by atoms with E-state index in [1.807, 2.05) is 18.3 Å². The highest BCUT2D eigenvalue weighted by Crippen LogP contribution is 2.24. The Hall–Kier alpha value is -2.84. The monoisotopic (exact) mass is 604 g/mol. The summed E-state index contributed by atoms with van der Waals surface area (Å²) in [4.78, 5) is 23.9. The topological polar surface area (TPSA) is 58.1 Å². The normalized spacial score (nSPS) is 15.5. The number of hydrogen-bond acceptors (Lipinski definition) is 4. The molecule has 1 aliphatic heterocycles. The van der Waals surface area contributed by atoms with Crippen molar-refractivity contribution in [3.63, 3.8) is 0 Å². The molecule has 1 fully saturated rings. The molecule has 2 heterocycles. The molecule has 0 aliphatic carbocycles. The molecule has 6 heteroatoms. The van der Waals surface area contributed by atoms with Crippen LogP contribution >= 0.6 is 22.6 Å². The predicted molar refractivity (Wildman–Crippen MR) is 157 cm³/mol. The summed E-state index contributed by atoms with van der Waals surface area (Å²) in [7, 11) is 0. The van der Waals surface area contributed by atoms with Crippen LogP contribution in [0.1, 0.15) is 59.3 Å². The first-order valence-electron chi connectivity index (χ1n) is 13.1. The van der Waals surface area contributed by atoms with Gasteiger partial charge in [-0.25, -0.2) is 9.97 Å². The fraction of sp³-hybridized carbons (Fsp3) is 0.323. The van der Waals surface area contributed by atoms with E-state index < -0.39 is 0 Å². The third-order valence-corrected chi connectivity index (χ3v) is 8.13. The van der Waals surface area contributed by atoms with Crippen molar-refractivity contribution >= 4 is 39.4 Å². The van der Waals surface area contributed by atoms with E-state index in [2.05, 4.69) is 104 Å². The standard InChI is InChI=1S/C31H33IN4O/c1-2-29(25-8-10-28(32)11-9-25)35-31(37)26-6-3-22(4-7-26)17-23-13-15-36(16-14-23)20-24-5-12-30-27(18-24)19-33-21-34-30/h3-12,18-19,21,23,29H,2,13-17,20H2,1H3,(H,35,37)/t29-/m1/s1. The lowest BCUT2D eigenvalue weighted by atomic mass is 9.89. The van der Waals surface area contributed by atoms with Crippen molar-refractivity contribution in [2.24, 2.45) is 5.92 Å². The average molecular weight is 605 g/mol. The second kappa shape index (κ2) is 12.1. The number of rotatable bonds is 8. The quantitative estimate of drug-likeness (QED) is 0.231. The van der Waals surface area contributed by atoms with E-state index in [1.165, 1.54) is 27.5 Å². The number of fused-ring (bicyclic) bond motifs is 1. The highest BCUT2D eigenvalue weighted by Gasteiger charge is 2.20. The summed E-state index contributed by atoms with van der Waals surface area (Å²) in [5.41, 5.74) is 5.51. The van der Waals surface area contributed by atoms with Crippen molar-refractivity contribution in [3.05, 3.63) is 105 Å². The summed E-state index contributed by atoms with van der Waals surface area (Å²) in [6.07, 6.45) is 7.82. The molecule has 1 N–H and O–H groups in total. The molecule has 37 heavy (non-hydrogen) atoms. The minimum Gasteiger partial charge on any atom is -0.345 e. The predicted octanol–water partition coefficient (Wildman–Crippen LogP) is 6.57. The van der Waals surface area contributed by atoms with Crippen LogP contribution in [0.2, 0.25) is 0 Å². The van der Waals surface area contributed by atoms with E-state index in [9.17, 15) is 4.79 Å². The number of aromatic nitrogens is 2. The zero-order valence-electron chi connectivity index (χ0n) is 21.2. The number of hydrogen-bond donors (Lipinski definition) is 1. The van der Waals surface area contributed by atoms with Gasteiger partial charge in [0.2, 0.25) is 0 Å². The first kappa shape index (κ1) is 25.8. The van der Waals surface area contributed by atoms with Crippen molar-refractivity contribution in [3.8, 4) is 0 Å². The van der Waals surface area contributed by atoms with Crippen LogP contribution in [0.15, 0.2) is 79.3 Å². The average Bonchev–Trinajstić information content (AvgIpc) is 2.93. The minimum atomic E-state index is -0.00879. The number of nitrogens with zero attached hydrogens (tertiary/aromatic N) is 3. The van der Waals surface area contributed by atoms with Gasteiger partial charge in [-0.05, 0) is 120 Å². The molecule has 3 aromatic carbocycles. The fourth-order valence-corrected chi connectivity index (χ4v) is 5.58. The Kier molecular flexibility index (Phi) is 8.46. The number of likely N-dealkylation sites (tertiary alicyclic amines) is 1. The molecule has 1 atom stereocenters. The van der Waals surface area contributed by atoms with Crippen LogP contribution in [0, 0.1) is 9.49 Å². The lowest BCUT2D eigenvalue weighted by Gasteiger charge is -2.32.